The van der Waals surface area contributed by atoms with Gasteiger partial charge in [-0.3, -0.25) is 0 Å². The predicted octanol–water partition coefficient (Wildman–Crippen LogP) is 2.80. The number of methoxy groups -OCH3 is 2. The third-order valence-corrected chi connectivity index (χ3v) is 2.24. The van der Waals surface area contributed by atoms with Crippen LogP contribution in [0.5, 0.6) is 11.6 Å². The number of halogens is 3. The van der Waals surface area contributed by atoms with Gasteiger partial charge in [0.1, 0.15) is 0 Å². The minimum Gasteiger partial charge on any atom is -0.491 e. The normalized spacial score (nSPS) is 10.4. The second-order valence-electron chi connectivity index (χ2n) is 2.36. The molecule has 0 aliphatic rings. The van der Waals surface area contributed by atoms with Gasteiger partial charge in [0, 0.05) is 10.7 Å². The summed E-state index contributed by atoms with van der Waals surface area (Å²) in [5, 5.41) is 0. The van der Waals surface area contributed by atoms with E-state index in [4.69, 9.17) is 9.47 Å². The van der Waals surface area contributed by atoms with Crippen molar-refractivity contribution in [2.24, 2.45) is 0 Å². The summed E-state index contributed by atoms with van der Waals surface area (Å²) < 4.78 is 35.0. The van der Waals surface area contributed by atoms with Gasteiger partial charge in [0.25, 0.3) is 12.3 Å². The molecule has 0 fully saturated rings. The van der Waals surface area contributed by atoms with Crippen LogP contribution in [0.3, 0.4) is 0 Å². The van der Waals surface area contributed by atoms with E-state index in [9.17, 15) is 8.78 Å². The summed E-state index contributed by atoms with van der Waals surface area (Å²) in [4.78, 5) is 3.78. The molecular formula is C8H8BrF2NO2. The van der Waals surface area contributed by atoms with Crippen molar-refractivity contribution in [1.29, 1.82) is 0 Å². The largest absolute Gasteiger partial charge is 0.491 e. The smallest absolute Gasteiger partial charge is 0.268 e. The Bertz CT molecular complexity index is 333. The first kappa shape index (κ1) is 11.2. The molecule has 1 aromatic heterocycles. The summed E-state index contributed by atoms with van der Waals surface area (Å²) in [6.45, 7) is 0. The van der Waals surface area contributed by atoms with Crippen molar-refractivity contribution in [3.8, 4) is 11.6 Å². The summed E-state index contributed by atoms with van der Waals surface area (Å²) in [6, 6.07) is 0. The number of hydrogen-bond donors (Lipinski definition) is 0. The number of pyridine rings is 1. The van der Waals surface area contributed by atoms with Crippen molar-refractivity contribution in [3.63, 3.8) is 0 Å². The number of alkyl halides is 2. The monoisotopic (exact) mass is 267 g/mol. The van der Waals surface area contributed by atoms with E-state index in [1.54, 1.807) is 0 Å². The molecule has 0 saturated carbocycles. The second kappa shape index (κ2) is 4.54. The quantitative estimate of drug-likeness (QED) is 0.844. The van der Waals surface area contributed by atoms with Crippen molar-refractivity contribution in [2.45, 2.75) is 6.43 Å². The van der Waals surface area contributed by atoms with E-state index in [1.165, 1.54) is 20.4 Å². The first-order valence-electron chi connectivity index (χ1n) is 3.66. The van der Waals surface area contributed by atoms with E-state index in [-0.39, 0.29) is 21.7 Å². The van der Waals surface area contributed by atoms with Gasteiger partial charge in [-0.25, -0.2) is 13.8 Å². The molecule has 1 aromatic rings. The van der Waals surface area contributed by atoms with Crippen LogP contribution in [-0.2, 0) is 0 Å². The van der Waals surface area contributed by atoms with Crippen molar-refractivity contribution < 1.29 is 18.3 Å². The summed E-state index contributed by atoms with van der Waals surface area (Å²) in [5.74, 6) is 0.00266. The van der Waals surface area contributed by atoms with E-state index in [1.807, 2.05) is 0 Å². The van der Waals surface area contributed by atoms with Crippen LogP contribution in [0, 0.1) is 0 Å². The molecule has 0 aliphatic heterocycles. The molecule has 0 aromatic carbocycles. The fourth-order valence-electron chi connectivity index (χ4n) is 1.01. The Morgan fingerprint density at radius 1 is 1.36 bits per heavy atom. The second-order valence-corrected chi connectivity index (χ2v) is 3.22. The third kappa shape index (κ3) is 1.95. The Hall–Kier alpha value is -0.910. The van der Waals surface area contributed by atoms with E-state index in [2.05, 4.69) is 20.9 Å². The minimum absolute atomic E-state index is 0.0446. The van der Waals surface area contributed by atoms with E-state index < -0.39 is 6.43 Å². The summed E-state index contributed by atoms with van der Waals surface area (Å²) in [6.07, 6.45) is -1.39. The number of hydrogen-bond acceptors (Lipinski definition) is 3. The molecule has 0 unspecified atom stereocenters. The molecule has 0 atom stereocenters. The zero-order valence-electron chi connectivity index (χ0n) is 7.55. The maximum absolute atomic E-state index is 12.6. The van der Waals surface area contributed by atoms with Crippen molar-refractivity contribution >= 4 is 15.9 Å². The molecule has 6 heteroatoms. The molecule has 0 spiro atoms. The van der Waals surface area contributed by atoms with Crippen LogP contribution in [0.4, 0.5) is 8.78 Å². The van der Waals surface area contributed by atoms with Crippen molar-refractivity contribution in [2.75, 3.05) is 14.2 Å². The first-order chi connectivity index (χ1) is 6.61. The fraction of sp³-hybridized carbons (Fsp3) is 0.375. The summed E-state index contributed by atoms with van der Waals surface area (Å²) >= 11 is 2.97. The maximum Gasteiger partial charge on any atom is 0.268 e. The molecule has 0 bridgehead atoms. The third-order valence-electron chi connectivity index (χ3n) is 1.61. The van der Waals surface area contributed by atoms with Crippen LogP contribution in [-0.4, -0.2) is 19.2 Å². The Kier molecular flexibility index (Phi) is 3.62. The van der Waals surface area contributed by atoms with Crippen LogP contribution >= 0.6 is 15.9 Å². The average molecular weight is 268 g/mol. The summed E-state index contributed by atoms with van der Waals surface area (Å²) in [7, 11) is 2.63. The molecule has 0 aliphatic carbocycles. The summed E-state index contributed by atoms with van der Waals surface area (Å²) in [5.41, 5.74) is -0.251. The average Bonchev–Trinajstić information content (AvgIpc) is 2.16. The molecule has 0 saturated heterocycles. The lowest BCUT2D eigenvalue weighted by Gasteiger charge is -2.12. The zero-order chi connectivity index (χ0) is 10.7. The van der Waals surface area contributed by atoms with E-state index in [0.717, 1.165) is 0 Å². The fourth-order valence-corrected chi connectivity index (χ4v) is 1.47. The van der Waals surface area contributed by atoms with Gasteiger partial charge < -0.3 is 9.47 Å². The molecular weight excluding hydrogens is 260 g/mol. The number of nitrogens with zero attached hydrogens (tertiary/aromatic N) is 1. The minimum atomic E-state index is -2.64. The molecule has 1 heterocycles. The van der Waals surface area contributed by atoms with E-state index in [0.29, 0.717) is 0 Å². The van der Waals surface area contributed by atoms with Crippen molar-refractivity contribution in [1.82, 2.24) is 4.98 Å². The molecule has 0 amide bonds. The lowest BCUT2D eigenvalue weighted by atomic mass is 10.2. The standard InChI is InChI=1S/C8H8BrF2NO2/c1-13-6-5(7(10)11)4(9)3-12-8(6)14-2/h3,7H,1-2H3. The van der Waals surface area contributed by atoms with Gasteiger partial charge in [-0.15, -0.1) is 0 Å². The molecule has 14 heavy (non-hydrogen) atoms. The van der Waals surface area contributed by atoms with Crippen LogP contribution < -0.4 is 9.47 Å². The van der Waals surface area contributed by atoms with Crippen LogP contribution in [0.15, 0.2) is 10.7 Å². The van der Waals surface area contributed by atoms with Gasteiger partial charge in [-0.05, 0) is 15.9 Å². The van der Waals surface area contributed by atoms with Gasteiger partial charge in [0.15, 0.2) is 5.75 Å². The Morgan fingerprint density at radius 3 is 2.43 bits per heavy atom. The van der Waals surface area contributed by atoms with Gasteiger partial charge in [0.05, 0.1) is 19.8 Å². The SMILES string of the molecule is COc1ncc(Br)c(C(F)F)c1OC. The van der Waals surface area contributed by atoms with Gasteiger partial charge in [-0.1, -0.05) is 0 Å². The maximum atomic E-state index is 12.6. The molecule has 1 rings (SSSR count). The highest BCUT2D eigenvalue weighted by molar-refractivity contribution is 9.10. The Balaban J connectivity index is 3.35. The zero-order valence-corrected chi connectivity index (χ0v) is 9.14. The lowest BCUT2D eigenvalue weighted by Crippen LogP contribution is -1.99. The first-order valence-corrected chi connectivity index (χ1v) is 4.45. The van der Waals surface area contributed by atoms with Crippen molar-refractivity contribution in [3.05, 3.63) is 16.2 Å². The number of aromatic nitrogens is 1. The number of rotatable bonds is 3. The van der Waals surface area contributed by atoms with Gasteiger partial charge in [0.2, 0.25) is 0 Å². The van der Waals surface area contributed by atoms with E-state index >= 15 is 0 Å². The molecule has 78 valence electrons. The highest BCUT2D eigenvalue weighted by Crippen LogP contribution is 2.39. The van der Waals surface area contributed by atoms with Gasteiger partial charge >= 0.3 is 0 Å². The highest BCUT2D eigenvalue weighted by Gasteiger charge is 2.22. The van der Waals surface area contributed by atoms with Crippen LogP contribution in [0.1, 0.15) is 12.0 Å². The van der Waals surface area contributed by atoms with Crippen LogP contribution in [0.25, 0.3) is 0 Å². The lowest BCUT2D eigenvalue weighted by molar-refractivity contribution is 0.145. The number of ether oxygens (including phenoxy) is 2. The van der Waals surface area contributed by atoms with Gasteiger partial charge in [-0.2, -0.15) is 0 Å². The molecule has 0 N–H and O–H groups in total. The Morgan fingerprint density at radius 2 is 2.00 bits per heavy atom. The molecule has 3 nitrogen and oxygen atoms in total. The Labute approximate surface area is 88.2 Å². The molecule has 0 radical (unpaired) electrons. The van der Waals surface area contributed by atoms with Crippen LogP contribution in [0.2, 0.25) is 0 Å². The predicted molar refractivity (Wildman–Crippen MR) is 50.0 cm³/mol. The highest BCUT2D eigenvalue weighted by atomic mass is 79.9. The topological polar surface area (TPSA) is 31.4 Å².